The minimum absolute atomic E-state index is 0.0198. The number of aliphatic hydroxyl groups is 2. The first-order valence-corrected chi connectivity index (χ1v) is 19.5. The summed E-state index contributed by atoms with van der Waals surface area (Å²) in [5.74, 6) is -0.253. The number of para-hydroxylation sites is 2. The van der Waals surface area contributed by atoms with Gasteiger partial charge in [-0.15, -0.1) is 0 Å². The summed E-state index contributed by atoms with van der Waals surface area (Å²) >= 11 is 6.12. The fourth-order valence-corrected chi connectivity index (χ4v) is 7.97. The van der Waals surface area contributed by atoms with Crippen LogP contribution in [0.15, 0.2) is 128 Å². The van der Waals surface area contributed by atoms with E-state index in [9.17, 15) is 15.0 Å². The van der Waals surface area contributed by atoms with E-state index in [4.69, 9.17) is 21.1 Å². The molecule has 1 aromatic heterocycles. The third kappa shape index (κ3) is 8.25. The zero-order valence-corrected chi connectivity index (χ0v) is 32.0. The van der Waals surface area contributed by atoms with Gasteiger partial charge in [0.05, 0.1) is 41.6 Å². The number of nitrogens with one attached hydrogen (secondary N) is 1. The van der Waals surface area contributed by atoms with Crippen molar-refractivity contribution in [2.24, 2.45) is 5.92 Å². The summed E-state index contributed by atoms with van der Waals surface area (Å²) in [6, 6.07) is 39.2. The molecule has 4 atom stereocenters. The number of benzene rings is 5. The number of amides is 1. The molecule has 9 nitrogen and oxygen atoms in total. The normalized spacial score (nSPS) is 21.1. The minimum atomic E-state index is -0.888. The monoisotopic (exact) mass is 768 g/mol. The van der Waals surface area contributed by atoms with Gasteiger partial charge < -0.3 is 29.9 Å². The lowest BCUT2D eigenvalue weighted by Crippen LogP contribution is -2.49. The van der Waals surface area contributed by atoms with Crippen molar-refractivity contribution in [2.75, 3.05) is 19.6 Å². The van der Waals surface area contributed by atoms with Crippen LogP contribution in [0.2, 0.25) is 5.02 Å². The maximum absolute atomic E-state index is 13.1. The van der Waals surface area contributed by atoms with Crippen LogP contribution in [-0.2, 0) is 28.2 Å². The van der Waals surface area contributed by atoms with Gasteiger partial charge in [0.15, 0.2) is 6.29 Å². The second kappa shape index (κ2) is 16.6. The molecule has 0 spiro atoms. The SMILES string of the molecule is CC1C(CN2CCC(O)(c3ccc(Cl)cc3)CC2)OC(c2ccc(-c3ccccc3CNC(=O)c3cnc4ccccc4n3)cc2)OC1c1ccc(CO)cc1. The maximum atomic E-state index is 13.1. The number of nitrogens with zero attached hydrogens (tertiary/aromatic N) is 3. The summed E-state index contributed by atoms with van der Waals surface area (Å²) in [7, 11) is 0. The number of carbonyl (C=O) groups is 1. The van der Waals surface area contributed by atoms with Gasteiger partial charge in [0.25, 0.3) is 5.91 Å². The number of rotatable bonds is 10. The van der Waals surface area contributed by atoms with Crippen LogP contribution in [0.25, 0.3) is 22.2 Å². The molecule has 0 bridgehead atoms. The van der Waals surface area contributed by atoms with E-state index >= 15 is 0 Å². The van der Waals surface area contributed by atoms with Crippen LogP contribution in [0.5, 0.6) is 0 Å². The van der Waals surface area contributed by atoms with Crippen LogP contribution < -0.4 is 5.32 Å². The van der Waals surface area contributed by atoms with Crippen molar-refractivity contribution in [1.82, 2.24) is 20.2 Å². The van der Waals surface area contributed by atoms with Crippen LogP contribution in [-0.4, -0.2) is 56.7 Å². The van der Waals surface area contributed by atoms with E-state index in [1.54, 1.807) is 0 Å². The molecule has 6 aromatic rings. The highest BCUT2D eigenvalue weighted by Crippen LogP contribution is 2.43. The molecule has 4 unspecified atom stereocenters. The highest BCUT2D eigenvalue weighted by molar-refractivity contribution is 6.30. The zero-order valence-electron chi connectivity index (χ0n) is 31.2. The summed E-state index contributed by atoms with van der Waals surface area (Å²) in [5.41, 5.74) is 7.46. The van der Waals surface area contributed by atoms with E-state index in [2.05, 4.69) is 45.3 Å². The number of piperidine rings is 1. The minimum Gasteiger partial charge on any atom is -0.392 e. The van der Waals surface area contributed by atoms with Crippen LogP contribution in [0, 0.1) is 5.92 Å². The van der Waals surface area contributed by atoms with Gasteiger partial charge in [-0.2, -0.15) is 0 Å². The Labute approximate surface area is 331 Å². The molecule has 0 radical (unpaired) electrons. The van der Waals surface area contributed by atoms with E-state index in [-0.39, 0.29) is 36.3 Å². The van der Waals surface area contributed by atoms with E-state index in [1.807, 2.05) is 103 Å². The number of carbonyl (C=O) groups excluding carboxylic acids is 1. The Morgan fingerprint density at radius 2 is 1.54 bits per heavy atom. The van der Waals surface area contributed by atoms with Crippen LogP contribution in [0.4, 0.5) is 0 Å². The van der Waals surface area contributed by atoms with Crippen LogP contribution in [0.3, 0.4) is 0 Å². The van der Waals surface area contributed by atoms with E-state index in [1.165, 1.54) is 6.20 Å². The molecule has 2 aliphatic rings. The number of aliphatic hydroxyl groups excluding tert-OH is 1. The van der Waals surface area contributed by atoms with E-state index in [0.717, 1.165) is 57.6 Å². The highest BCUT2D eigenvalue weighted by Gasteiger charge is 2.41. The molecule has 2 fully saturated rings. The number of halogens is 1. The highest BCUT2D eigenvalue weighted by atomic mass is 35.5. The number of fused-ring (bicyclic) bond motifs is 1. The average Bonchev–Trinajstić information content (AvgIpc) is 3.24. The Morgan fingerprint density at radius 1 is 0.857 bits per heavy atom. The van der Waals surface area contributed by atoms with E-state index in [0.29, 0.717) is 36.5 Å². The Kier molecular flexibility index (Phi) is 11.2. The van der Waals surface area contributed by atoms with Crippen molar-refractivity contribution in [3.63, 3.8) is 0 Å². The molecule has 1 amide bonds. The molecule has 8 rings (SSSR count). The summed E-state index contributed by atoms with van der Waals surface area (Å²) in [6.07, 6.45) is 1.75. The van der Waals surface area contributed by atoms with Crippen molar-refractivity contribution >= 4 is 28.5 Å². The average molecular weight is 769 g/mol. The quantitative estimate of drug-likeness (QED) is 0.128. The molecular weight excluding hydrogens is 724 g/mol. The lowest BCUT2D eigenvalue weighted by atomic mass is 9.84. The number of hydrogen-bond donors (Lipinski definition) is 3. The summed E-state index contributed by atoms with van der Waals surface area (Å²) in [5, 5.41) is 24.9. The van der Waals surface area contributed by atoms with Crippen molar-refractivity contribution in [3.8, 4) is 11.1 Å². The van der Waals surface area contributed by atoms with Crippen LogP contribution in [0.1, 0.15) is 70.5 Å². The Balaban J connectivity index is 0.980. The molecule has 2 saturated heterocycles. The number of hydrogen-bond acceptors (Lipinski definition) is 8. The van der Waals surface area contributed by atoms with Gasteiger partial charge in [-0.1, -0.05) is 116 Å². The first kappa shape index (κ1) is 37.9. The lowest BCUT2D eigenvalue weighted by molar-refractivity contribution is -0.277. The topological polar surface area (TPSA) is 117 Å². The summed E-state index contributed by atoms with van der Waals surface area (Å²) in [4.78, 5) is 24.4. The molecule has 3 heterocycles. The standard InChI is InChI=1S/C46H45ClN4O5/c1-30-42(28-51-24-22-46(54,23-25-51)36-18-20-37(47)21-19-36)55-45(56-43(30)33-12-10-31(29-52)11-13-33)34-16-14-32(15-17-34)38-7-3-2-6-35(38)26-49-44(53)41-27-48-39-8-4-5-9-40(39)50-41/h2-21,27,30,42-43,45,52,54H,22-26,28-29H2,1H3,(H,49,53). The molecule has 0 saturated carbocycles. The molecule has 286 valence electrons. The molecule has 2 aliphatic heterocycles. The molecular formula is C46H45ClN4O5. The predicted molar refractivity (Wildman–Crippen MR) is 217 cm³/mol. The van der Waals surface area contributed by atoms with Gasteiger partial charge >= 0.3 is 0 Å². The van der Waals surface area contributed by atoms with Gasteiger partial charge in [-0.25, -0.2) is 4.98 Å². The fraction of sp³-hybridized carbons (Fsp3) is 0.283. The molecule has 0 aliphatic carbocycles. The van der Waals surface area contributed by atoms with Crippen molar-refractivity contribution in [3.05, 3.63) is 166 Å². The predicted octanol–water partition coefficient (Wildman–Crippen LogP) is 8.15. The third-order valence-corrected chi connectivity index (χ3v) is 11.5. The first-order chi connectivity index (χ1) is 27.3. The second-order valence-electron chi connectivity index (χ2n) is 14.9. The second-order valence-corrected chi connectivity index (χ2v) is 15.3. The van der Waals surface area contributed by atoms with Crippen molar-refractivity contribution < 1.29 is 24.5 Å². The number of ether oxygens (including phenoxy) is 2. The van der Waals surface area contributed by atoms with Gasteiger partial charge in [-0.3, -0.25) is 9.78 Å². The largest absolute Gasteiger partial charge is 0.392 e. The summed E-state index contributed by atoms with van der Waals surface area (Å²) in [6.45, 7) is 4.64. The van der Waals surface area contributed by atoms with Gasteiger partial charge in [0.2, 0.25) is 0 Å². The van der Waals surface area contributed by atoms with Crippen LogP contribution >= 0.6 is 11.6 Å². The number of likely N-dealkylation sites (tertiary alicyclic amines) is 1. The third-order valence-electron chi connectivity index (χ3n) is 11.3. The van der Waals surface area contributed by atoms with Crippen molar-refractivity contribution in [1.29, 1.82) is 0 Å². The summed E-state index contributed by atoms with van der Waals surface area (Å²) < 4.78 is 13.6. The first-order valence-electron chi connectivity index (χ1n) is 19.2. The molecule has 3 N–H and O–H groups in total. The molecule has 10 heteroatoms. The smallest absolute Gasteiger partial charge is 0.271 e. The van der Waals surface area contributed by atoms with Gasteiger partial charge in [0, 0.05) is 42.7 Å². The van der Waals surface area contributed by atoms with Gasteiger partial charge in [-0.05, 0) is 70.5 Å². The molecule has 5 aromatic carbocycles. The Bertz CT molecular complexity index is 2280. The molecule has 56 heavy (non-hydrogen) atoms. The van der Waals surface area contributed by atoms with Gasteiger partial charge in [0.1, 0.15) is 5.69 Å². The number of aromatic nitrogens is 2. The van der Waals surface area contributed by atoms with Crippen molar-refractivity contribution in [2.45, 2.75) is 57.0 Å². The fourth-order valence-electron chi connectivity index (χ4n) is 7.85. The lowest BCUT2D eigenvalue weighted by Gasteiger charge is -2.45. The zero-order chi connectivity index (χ0) is 38.6. The Morgan fingerprint density at radius 3 is 2.27 bits per heavy atom. The Hall–Kier alpha value is -5.00. The maximum Gasteiger partial charge on any atom is 0.271 e. The van der Waals surface area contributed by atoms with E-state index < -0.39 is 11.9 Å².